The van der Waals surface area contributed by atoms with Gasteiger partial charge in [-0.05, 0) is 41.2 Å². The van der Waals surface area contributed by atoms with Crippen LogP contribution >= 0.6 is 0 Å². The van der Waals surface area contributed by atoms with E-state index in [1.165, 1.54) is 0 Å². The van der Waals surface area contributed by atoms with Gasteiger partial charge in [-0.1, -0.05) is 135 Å². The molecule has 1 aliphatic carbocycles. The van der Waals surface area contributed by atoms with Crippen molar-refractivity contribution in [3.63, 3.8) is 0 Å². The van der Waals surface area contributed by atoms with Crippen LogP contribution in [0.25, 0.3) is 11.3 Å². The van der Waals surface area contributed by atoms with Crippen LogP contribution in [0.5, 0.6) is 0 Å². The van der Waals surface area contributed by atoms with Gasteiger partial charge in [0.15, 0.2) is 11.6 Å². The molecule has 1 aromatic heterocycles. The van der Waals surface area contributed by atoms with Gasteiger partial charge in [-0.2, -0.15) is 5.10 Å². The van der Waals surface area contributed by atoms with Crippen molar-refractivity contribution in [1.29, 1.82) is 0 Å². The van der Waals surface area contributed by atoms with E-state index in [1.807, 2.05) is 85.1 Å². The van der Waals surface area contributed by atoms with Gasteiger partial charge < -0.3 is 10.2 Å². The monoisotopic (exact) mass is 684 g/mol. The van der Waals surface area contributed by atoms with E-state index in [0.717, 1.165) is 77.6 Å². The first-order valence-corrected chi connectivity index (χ1v) is 17.5. The van der Waals surface area contributed by atoms with Gasteiger partial charge in [-0.3, -0.25) is 5.10 Å². The molecule has 5 nitrogen and oxygen atoms in total. The second-order valence-electron chi connectivity index (χ2n) is 13.1. The third-order valence-electron chi connectivity index (χ3n) is 9.98. The molecular formula is C43H39F3N4O. The largest absolute Gasteiger partial charge is 0.322 e. The van der Waals surface area contributed by atoms with Crippen LogP contribution < -0.4 is 5.32 Å². The van der Waals surface area contributed by atoms with Crippen molar-refractivity contribution in [3.05, 3.63) is 179 Å². The Morgan fingerprint density at radius 2 is 1.27 bits per heavy atom. The Morgan fingerprint density at radius 1 is 0.725 bits per heavy atom. The Labute approximate surface area is 296 Å². The smallest absolute Gasteiger partial charge is 0.317 e. The molecule has 0 radical (unpaired) electrons. The van der Waals surface area contributed by atoms with Crippen molar-refractivity contribution in [3.8, 4) is 11.3 Å². The SMILES string of the molecule is O=C(Nc1c(F)cc(F)cc1F)N(Cc1cccc(-c2n[nH]cc2C(c2ccccc2)(c2ccccc2)c2ccccc2)c1)C1CCCCCC1. The number of hydrogen-bond donors (Lipinski definition) is 2. The summed E-state index contributed by atoms with van der Waals surface area (Å²) in [7, 11) is 0. The number of carbonyl (C=O) groups is 1. The molecule has 1 aliphatic rings. The number of aromatic nitrogens is 2. The number of amides is 2. The van der Waals surface area contributed by atoms with Gasteiger partial charge in [0.1, 0.15) is 11.5 Å². The van der Waals surface area contributed by atoms with E-state index in [1.54, 1.807) is 4.90 Å². The summed E-state index contributed by atoms with van der Waals surface area (Å²) in [6.45, 7) is 0.204. The molecule has 0 spiro atoms. The molecule has 1 heterocycles. The van der Waals surface area contributed by atoms with Crippen LogP contribution in [0.2, 0.25) is 0 Å². The number of halogens is 3. The first kappa shape index (κ1) is 33.8. The van der Waals surface area contributed by atoms with Gasteiger partial charge in [0, 0.05) is 42.0 Å². The van der Waals surface area contributed by atoms with Crippen molar-refractivity contribution < 1.29 is 18.0 Å². The molecule has 51 heavy (non-hydrogen) atoms. The van der Waals surface area contributed by atoms with Crippen molar-refractivity contribution in [2.75, 3.05) is 5.32 Å². The number of aromatic amines is 1. The predicted octanol–water partition coefficient (Wildman–Crippen LogP) is 10.6. The van der Waals surface area contributed by atoms with Crippen LogP contribution in [0, 0.1) is 17.5 Å². The molecular weight excluding hydrogens is 645 g/mol. The zero-order valence-electron chi connectivity index (χ0n) is 28.2. The second-order valence-corrected chi connectivity index (χ2v) is 13.1. The fraction of sp³-hybridized carbons (Fsp3) is 0.209. The van der Waals surface area contributed by atoms with Crippen molar-refractivity contribution in [1.82, 2.24) is 15.1 Å². The van der Waals surface area contributed by atoms with Gasteiger partial charge in [0.25, 0.3) is 0 Å². The first-order chi connectivity index (χ1) is 24.9. The molecule has 0 saturated heterocycles. The Balaban J connectivity index is 1.30. The predicted molar refractivity (Wildman–Crippen MR) is 195 cm³/mol. The van der Waals surface area contributed by atoms with Crippen molar-refractivity contribution in [2.24, 2.45) is 0 Å². The van der Waals surface area contributed by atoms with E-state index in [9.17, 15) is 18.0 Å². The van der Waals surface area contributed by atoms with Crippen LogP contribution in [-0.2, 0) is 12.0 Å². The first-order valence-electron chi connectivity index (χ1n) is 17.5. The molecule has 7 rings (SSSR count). The van der Waals surface area contributed by atoms with E-state index in [2.05, 4.69) is 46.8 Å². The number of H-pyrrole nitrogens is 1. The van der Waals surface area contributed by atoms with Gasteiger partial charge in [0.2, 0.25) is 0 Å². The Kier molecular flexibility index (Phi) is 10.0. The summed E-state index contributed by atoms with van der Waals surface area (Å²) in [5.41, 5.74) is 5.27. The zero-order valence-corrected chi connectivity index (χ0v) is 28.2. The Bertz CT molecular complexity index is 1960. The maximum atomic E-state index is 14.7. The minimum atomic E-state index is -1.16. The third kappa shape index (κ3) is 6.91. The summed E-state index contributed by atoms with van der Waals surface area (Å²) in [6, 6.07) is 39.5. The van der Waals surface area contributed by atoms with Crippen molar-refractivity contribution >= 4 is 11.7 Å². The quantitative estimate of drug-likeness (QED) is 0.118. The van der Waals surface area contributed by atoms with Gasteiger partial charge in [0.05, 0.1) is 11.1 Å². The van der Waals surface area contributed by atoms with E-state index >= 15 is 0 Å². The summed E-state index contributed by atoms with van der Waals surface area (Å²) in [4.78, 5) is 15.5. The van der Waals surface area contributed by atoms with E-state index in [-0.39, 0.29) is 12.6 Å². The lowest BCUT2D eigenvalue weighted by Crippen LogP contribution is -2.42. The maximum absolute atomic E-state index is 14.7. The normalized spacial score (nSPS) is 13.8. The molecule has 0 unspecified atom stereocenters. The fourth-order valence-corrected chi connectivity index (χ4v) is 7.62. The minimum absolute atomic E-state index is 0.134. The molecule has 258 valence electrons. The Morgan fingerprint density at radius 3 is 1.82 bits per heavy atom. The molecule has 6 aromatic rings. The molecule has 1 saturated carbocycles. The summed E-state index contributed by atoms with van der Waals surface area (Å²) in [5.74, 6) is -3.36. The second kappa shape index (κ2) is 15.1. The average molecular weight is 685 g/mol. The molecule has 5 aromatic carbocycles. The number of nitrogens with one attached hydrogen (secondary N) is 2. The van der Waals surface area contributed by atoms with Crippen molar-refractivity contribution in [2.45, 2.75) is 56.5 Å². The van der Waals surface area contributed by atoms with Crippen LogP contribution in [0.1, 0.15) is 66.3 Å². The number of nitrogens with zero attached hydrogens (tertiary/aromatic N) is 2. The summed E-state index contributed by atoms with van der Waals surface area (Å²) < 4.78 is 43.0. The van der Waals surface area contributed by atoms with Gasteiger partial charge in [-0.15, -0.1) is 0 Å². The molecule has 2 amide bonds. The highest BCUT2D eigenvalue weighted by Gasteiger charge is 2.41. The molecule has 2 N–H and O–H groups in total. The third-order valence-corrected chi connectivity index (χ3v) is 9.98. The average Bonchev–Trinajstić information content (AvgIpc) is 3.49. The van der Waals surface area contributed by atoms with E-state index in [4.69, 9.17) is 5.10 Å². The number of benzene rings is 5. The molecule has 0 bridgehead atoms. The zero-order chi connectivity index (χ0) is 35.2. The molecule has 8 heteroatoms. The minimum Gasteiger partial charge on any atom is -0.317 e. The maximum Gasteiger partial charge on any atom is 0.322 e. The standard InChI is InChI=1S/C43H39F3N4O/c44-35-26-38(45)41(39(46)27-35)48-42(51)50(36-23-12-1-2-13-24-36)29-30-15-14-16-31(25-30)40-37(28-47-49-40)43(32-17-6-3-7-18-32,33-19-8-4-9-20-33)34-21-10-5-11-22-34/h3-11,14-22,25-28,36H,1-2,12-13,23-24,29H2,(H,47,49)(H,48,51). The lowest BCUT2D eigenvalue weighted by atomic mass is 9.65. The molecule has 0 atom stereocenters. The van der Waals surface area contributed by atoms with Crippen LogP contribution in [0.15, 0.2) is 134 Å². The van der Waals surface area contributed by atoms with Crippen LogP contribution in [-0.4, -0.2) is 27.2 Å². The highest BCUT2D eigenvalue weighted by molar-refractivity contribution is 5.90. The van der Waals surface area contributed by atoms with E-state index < -0.39 is 34.6 Å². The number of carbonyl (C=O) groups excluding carboxylic acids is 1. The van der Waals surface area contributed by atoms with Crippen LogP contribution in [0.3, 0.4) is 0 Å². The summed E-state index contributed by atoms with van der Waals surface area (Å²) in [5, 5.41) is 10.4. The van der Waals surface area contributed by atoms with Gasteiger partial charge in [-0.25, -0.2) is 18.0 Å². The highest BCUT2D eigenvalue weighted by atomic mass is 19.1. The lowest BCUT2D eigenvalue weighted by molar-refractivity contribution is 0.175. The number of hydrogen-bond acceptors (Lipinski definition) is 2. The highest BCUT2D eigenvalue weighted by Crippen LogP contribution is 2.47. The summed E-state index contributed by atoms with van der Waals surface area (Å²) >= 11 is 0. The Hall–Kier alpha value is -5.63. The van der Waals surface area contributed by atoms with E-state index in [0.29, 0.717) is 12.1 Å². The van der Waals surface area contributed by atoms with Crippen LogP contribution in [0.4, 0.5) is 23.7 Å². The lowest BCUT2D eigenvalue weighted by Gasteiger charge is -2.36. The summed E-state index contributed by atoms with van der Waals surface area (Å²) in [6.07, 6.45) is 7.55. The topological polar surface area (TPSA) is 61.0 Å². The number of urea groups is 1. The number of anilines is 1. The molecule has 1 fully saturated rings. The molecule has 0 aliphatic heterocycles. The van der Waals surface area contributed by atoms with Gasteiger partial charge >= 0.3 is 6.03 Å². The fourth-order valence-electron chi connectivity index (χ4n) is 7.62. The number of rotatable bonds is 9.